The quantitative estimate of drug-likeness (QED) is 0.402. The number of aromatic nitrogens is 4. The summed E-state index contributed by atoms with van der Waals surface area (Å²) in [6, 6.07) is 2.86. The number of sulfonamides is 1. The largest absolute Gasteiger partial charge is 0.336 e. The van der Waals surface area contributed by atoms with Crippen LogP contribution in [0, 0.1) is 0 Å². The molecule has 2 aliphatic rings. The van der Waals surface area contributed by atoms with Gasteiger partial charge in [-0.25, -0.2) is 23.6 Å². The van der Waals surface area contributed by atoms with Crippen molar-refractivity contribution in [2.24, 2.45) is 7.05 Å². The van der Waals surface area contributed by atoms with Gasteiger partial charge in [-0.2, -0.15) is 5.10 Å². The van der Waals surface area contributed by atoms with Crippen LogP contribution in [0.4, 0.5) is 5.95 Å². The maximum atomic E-state index is 14.0. The average Bonchev–Trinajstić information content (AvgIpc) is 3.43. The number of carbonyl (C=O) groups is 1. The van der Waals surface area contributed by atoms with E-state index in [4.69, 9.17) is 9.82 Å². The number of nitrogens with one attached hydrogen (secondary N) is 2. The van der Waals surface area contributed by atoms with Crippen LogP contribution in [0.15, 0.2) is 40.3 Å². The third-order valence-corrected chi connectivity index (χ3v) is 8.97. The van der Waals surface area contributed by atoms with Crippen molar-refractivity contribution in [2.45, 2.75) is 63.1 Å². The molecule has 2 aromatic heterocycles. The van der Waals surface area contributed by atoms with Gasteiger partial charge in [0.2, 0.25) is 21.9 Å². The second-order valence-corrected chi connectivity index (χ2v) is 12.3. The number of nitrogens with zero attached hydrogens (tertiary/aromatic N) is 5. The smallest absolute Gasteiger partial charge is 0.263 e. The maximum Gasteiger partial charge on any atom is 0.263 e. The fourth-order valence-electron chi connectivity index (χ4n) is 4.98. The molecule has 0 unspecified atom stereocenters. The van der Waals surface area contributed by atoms with Gasteiger partial charge in [0.15, 0.2) is 0 Å². The third-order valence-electron chi connectivity index (χ3n) is 7.35. The Morgan fingerprint density at radius 1 is 1.28 bits per heavy atom. The highest BCUT2D eigenvalue weighted by Crippen LogP contribution is 2.37. The van der Waals surface area contributed by atoms with Gasteiger partial charge in [0.25, 0.3) is 5.56 Å². The summed E-state index contributed by atoms with van der Waals surface area (Å²) in [4.78, 5) is 37.7. The molecule has 2 N–H and O–H groups in total. The minimum atomic E-state index is -3.92. The van der Waals surface area contributed by atoms with Crippen molar-refractivity contribution in [3.63, 3.8) is 0 Å². The van der Waals surface area contributed by atoms with E-state index in [0.717, 1.165) is 24.0 Å². The van der Waals surface area contributed by atoms with E-state index in [2.05, 4.69) is 15.3 Å². The minimum absolute atomic E-state index is 0.0000425. The van der Waals surface area contributed by atoms with Crippen molar-refractivity contribution in [1.82, 2.24) is 29.0 Å². The average molecular weight is 556 g/mol. The number of carbonyl (C=O) groups excluding carboxylic acids is 1. The number of anilines is 1. The Bertz CT molecular complexity index is 1650. The molecule has 5 rings (SSSR count). The molecule has 1 amide bonds. The highest BCUT2D eigenvalue weighted by atomic mass is 32.2. The van der Waals surface area contributed by atoms with E-state index < -0.39 is 21.1 Å². The Kier molecular flexibility index (Phi) is 6.85. The van der Waals surface area contributed by atoms with Gasteiger partial charge in [-0.15, -0.1) is 0 Å². The van der Waals surface area contributed by atoms with Crippen molar-refractivity contribution in [2.75, 3.05) is 19.1 Å². The summed E-state index contributed by atoms with van der Waals surface area (Å²) in [5.41, 5.74) is 4.27. The minimum Gasteiger partial charge on any atom is -0.336 e. The Labute approximate surface area is 226 Å². The number of amides is 1. The Hall–Kier alpha value is -3.55. The van der Waals surface area contributed by atoms with E-state index in [1.54, 1.807) is 35.1 Å². The molecule has 1 atom stereocenters. The van der Waals surface area contributed by atoms with Gasteiger partial charge in [0, 0.05) is 49.4 Å². The van der Waals surface area contributed by atoms with E-state index in [-0.39, 0.29) is 34.7 Å². The number of benzene rings is 1. The number of hydrogen-bond donors (Lipinski definition) is 2. The van der Waals surface area contributed by atoms with Gasteiger partial charge in [0.05, 0.1) is 35.6 Å². The maximum absolute atomic E-state index is 14.0. The van der Waals surface area contributed by atoms with Crippen LogP contribution in [-0.4, -0.2) is 63.8 Å². The number of hydrogen-bond acceptors (Lipinski definition) is 8. The van der Waals surface area contributed by atoms with Gasteiger partial charge in [-0.1, -0.05) is 6.08 Å². The van der Waals surface area contributed by atoms with Crippen LogP contribution in [0.1, 0.15) is 51.2 Å². The van der Waals surface area contributed by atoms with Crippen LogP contribution in [-0.2, 0) is 33.2 Å². The Morgan fingerprint density at radius 2 is 2.03 bits per heavy atom. The molecule has 208 valence electrons. The van der Waals surface area contributed by atoms with Crippen LogP contribution in [0.5, 0.6) is 0 Å². The van der Waals surface area contributed by atoms with Crippen molar-refractivity contribution in [3.8, 4) is 0 Å². The van der Waals surface area contributed by atoms with Crippen molar-refractivity contribution in [1.29, 1.82) is 0 Å². The topological polar surface area (TPSA) is 140 Å². The lowest BCUT2D eigenvalue weighted by molar-refractivity contribution is -0.130. The molecule has 0 bridgehead atoms. The van der Waals surface area contributed by atoms with Crippen LogP contribution in [0.2, 0.25) is 0 Å². The Morgan fingerprint density at radius 3 is 2.62 bits per heavy atom. The van der Waals surface area contributed by atoms with E-state index in [1.807, 2.05) is 19.9 Å². The van der Waals surface area contributed by atoms with Crippen molar-refractivity contribution < 1.29 is 18.0 Å². The number of fused-ring (bicyclic) bond motifs is 1. The van der Waals surface area contributed by atoms with Gasteiger partial charge < -0.3 is 4.90 Å². The zero-order chi connectivity index (χ0) is 28.1. The zero-order valence-electron chi connectivity index (χ0n) is 22.7. The van der Waals surface area contributed by atoms with Crippen LogP contribution in [0.25, 0.3) is 16.5 Å². The van der Waals surface area contributed by atoms with Crippen LogP contribution < -0.4 is 15.8 Å². The fraction of sp³-hybridized carbons (Fsp3) is 0.462. The molecule has 0 radical (unpaired) electrons. The first-order chi connectivity index (χ1) is 18.4. The highest BCUT2D eigenvalue weighted by molar-refractivity contribution is 7.89. The highest BCUT2D eigenvalue weighted by Gasteiger charge is 2.41. The molecule has 1 fully saturated rings. The number of aryl methyl sites for hydroxylation is 1. The molecule has 3 heterocycles. The van der Waals surface area contributed by atoms with E-state index in [0.29, 0.717) is 24.0 Å². The van der Waals surface area contributed by atoms with Crippen LogP contribution in [0.3, 0.4) is 0 Å². The molecule has 0 spiro atoms. The first-order valence-electron chi connectivity index (χ1n) is 12.8. The zero-order valence-corrected chi connectivity index (χ0v) is 23.5. The summed E-state index contributed by atoms with van der Waals surface area (Å²) in [6.07, 6.45) is 7.32. The Balaban J connectivity index is 1.73. The first kappa shape index (κ1) is 27.0. The standard InChI is InChI=1S/C26H33N7O5S/c1-16-10-19(6-9-32(16)17(2)34)21-11-20(39(36,37)30-26(3)7-8-26)12-22-23(21)28-25(29-38-5)33(24(22)35)15-18-13-27-31(4)14-18/h6,11-14,16,30H,7-10,15H2,1-5H3,(H,28,29)/t16-/m1/s1. The summed E-state index contributed by atoms with van der Waals surface area (Å²) in [7, 11) is -0.719. The molecule has 13 heteroatoms. The lowest BCUT2D eigenvalue weighted by Crippen LogP contribution is -2.39. The van der Waals surface area contributed by atoms with E-state index >= 15 is 0 Å². The van der Waals surface area contributed by atoms with Gasteiger partial charge in [-0.05, 0) is 50.8 Å². The molecule has 1 aromatic carbocycles. The lowest BCUT2D eigenvalue weighted by Gasteiger charge is -2.32. The monoisotopic (exact) mass is 555 g/mol. The van der Waals surface area contributed by atoms with E-state index in [1.165, 1.54) is 24.7 Å². The second-order valence-electron chi connectivity index (χ2n) is 10.6. The summed E-state index contributed by atoms with van der Waals surface area (Å²) >= 11 is 0. The van der Waals surface area contributed by atoms with Crippen molar-refractivity contribution in [3.05, 3.63) is 52.1 Å². The molecule has 1 saturated carbocycles. The lowest BCUT2D eigenvalue weighted by atomic mass is 9.93. The predicted octanol–water partition coefficient (Wildman–Crippen LogP) is 2.01. The molecule has 0 saturated heterocycles. The van der Waals surface area contributed by atoms with Crippen LogP contribution >= 0.6 is 0 Å². The molecule has 39 heavy (non-hydrogen) atoms. The molecule has 1 aliphatic carbocycles. The van der Waals surface area contributed by atoms with E-state index in [9.17, 15) is 18.0 Å². The summed E-state index contributed by atoms with van der Waals surface area (Å²) in [5.74, 6) is 0.137. The molecular formula is C26H33N7O5S. The fourth-order valence-corrected chi connectivity index (χ4v) is 6.50. The van der Waals surface area contributed by atoms with Gasteiger partial charge >= 0.3 is 0 Å². The summed E-state index contributed by atoms with van der Waals surface area (Å²) < 4.78 is 32.8. The van der Waals surface area contributed by atoms with Gasteiger partial charge in [-0.3, -0.25) is 23.7 Å². The van der Waals surface area contributed by atoms with Crippen molar-refractivity contribution >= 4 is 38.4 Å². The first-order valence-corrected chi connectivity index (χ1v) is 14.2. The molecular weight excluding hydrogens is 522 g/mol. The molecule has 3 aromatic rings. The normalized spacial score (nSPS) is 18.7. The second kappa shape index (κ2) is 9.88. The predicted molar refractivity (Wildman–Crippen MR) is 146 cm³/mol. The summed E-state index contributed by atoms with van der Waals surface area (Å²) in [6.45, 7) is 5.86. The third kappa shape index (κ3) is 5.34. The molecule has 12 nitrogen and oxygen atoms in total. The van der Waals surface area contributed by atoms with Gasteiger partial charge in [0.1, 0.15) is 0 Å². The molecule has 1 aliphatic heterocycles. The summed E-state index contributed by atoms with van der Waals surface area (Å²) in [5, 5.41) is 4.34. The number of rotatable bonds is 8. The SMILES string of the molecule is CONc1nc2c(C3=CCN(C(C)=O)[C@H](C)C3)cc(S(=O)(=O)NC3(C)CC3)cc2c(=O)n1Cc1cnn(C)c1.